The fourth-order valence-corrected chi connectivity index (χ4v) is 1.37. The van der Waals surface area contributed by atoms with E-state index in [-0.39, 0.29) is 11.9 Å². The van der Waals surface area contributed by atoms with E-state index in [1.165, 1.54) is 0 Å². The first kappa shape index (κ1) is 16.2. The first-order chi connectivity index (χ1) is 7.24. The maximum Gasteiger partial charge on any atom is 0.527 e. The lowest BCUT2D eigenvalue weighted by Gasteiger charge is -2.30. The number of nitrogens with zero attached hydrogens (tertiary/aromatic N) is 1. The molecule has 1 unspecified atom stereocenters. The van der Waals surface area contributed by atoms with Gasteiger partial charge in [0.2, 0.25) is 0 Å². The summed E-state index contributed by atoms with van der Waals surface area (Å²) >= 11 is 4.36. The van der Waals surface area contributed by atoms with Crippen molar-refractivity contribution in [2.75, 3.05) is 20.3 Å². The summed E-state index contributed by atoms with van der Waals surface area (Å²) in [5.41, 5.74) is 0. The topological polar surface area (TPSA) is 51.2 Å². The summed E-state index contributed by atoms with van der Waals surface area (Å²) < 4.78 is 59.6. The molecule has 0 aromatic rings. The van der Waals surface area contributed by atoms with E-state index >= 15 is 0 Å². The molecule has 0 aromatic carbocycles. The Labute approximate surface area is 97.4 Å². The highest BCUT2D eigenvalue weighted by atomic mass is 35.5. The maximum absolute atomic E-state index is 12.3. The lowest BCUT2D eigenvalue weighted by Crippen LogP contribution is -2.41. The van der Waals surface area contributed by atoms with Crippen molar-refractivity contribution < 1.29 is 37.0 Å². The van der Waals surface area contributed by atoms with E-state index in [0.717, 1.165) is 7.11 Å². The Bertz CT molecular complexity index is 209. The second-order valence-electron chi connectivity index (χ2n) is 2.12. The van der Waals surface area contributed by atoms with Gasteiger partial charge >= 0.3 is 11.7 Å². The van der Waals surface area contributed by atoms with E-state index in [9.17, 15) is 17.7 Å². The summed E-state index contributed by atoms with van der Waals surface area (Å²) in [5, 5.41) is 5.54. The molecule has 0 spiro atoms. The smallest absolute Gasteiger partial charge is 0.394 e. The standard InChI is InChI=1S/C5H8ClF4NO4S/c1-13-5(14-3-2-12,16-11(6)10)15-4(7,8)9/h12H,2-3H2,1H3. The summed E-state index contributed by atoms with van der Waals surface area (Å²) in [4.78, 5) is 0. The fraction of sp³-hybridized carbons (Fsp3) is 1.00. The van der Waals surface area contributed by atoms with Crippen LogP contribution in [-0.2, 0) is 14.2 Å². The van der Waals surface area contributed by atoms with Crippen LogP contribution in [0.5, 0.6) is 0 Å². The van der Waals surface area contributed by atoms with Gasteiger partial charge in [-0.1, -0.05) is 0 Å². The molecule has 0 fully saturated rings. The first-order valence-corrected chi connectivity index (χ1v) is 4.73. The minimum Gasteiger partial charge on any atom is -0.394 e. The zero-order valence-corrected chi connectivity index (χ0v) is 9.40. The van der Waals surface area contributed by atoms with Crippen molar-refractivity contribution in [3.05, 3.63) is 0 Å². The average Bonchev–Trinajstić information content (AvgIpc) is 2.11. The Morgan fingerprint density at radius 2 is 2.00 bits per heavy atom. The number of hydrogen-bond donors (Lipinski definition) is 1. The molecule has 5 nitrogen and oxygen atoms in total. The van der Waals surface area contributed by atoms with Crippen LogP contribution in [0.4, 0.5) is 17.7 Å². The molecule has 0 amide bonds. The summed E-state index contributed by atoms with van der Waals surface area (Å²) in [6, 6.07) is 0. The molecule has 0 aliphatic rings. The minimum atomic E-state index is -5.13. The second kappa shape index (κ2) is 6.79. The molecule has 0 aliphatic carbocycles. The predicted molar refractivity (Wildman–Crippen MR) is 46.3 cm³/mol. The van der Waals surface area contributed by atoms with Gasteiger partial charge in [0.05, 0.1) is 25.2 Å². The SMILES string of the molecule is COC(OCCO)(OC(F)(F)F)SN(F)Cl. The lowest BCUT2D eigenvalue weighted by atomic mass is 10.8. The number of aliphatic hydroxyl groups is 1. The van der Waals surface area contributed by atoms with Crippen molar-refractivity contribution >= 4 is 23.7 Å². The van der Waals surface area contributed by atoms with Crippen molar-refractivity contribution in [2.24, 2.45) is 0 Å². The van der Waals surface area contributed by atoms with Crippen molar-refractivity contribution in [2.45, 2.75) is 11.7 Å². The van der Waals surface area contributed by atoms with E-state index in [1.807, 2.05) is 0 Å². The van der Waals surface area contributed by atoms with Gasteiger partial charge in [-0.15, -0.1) is 17.7 Å². The van der Waals surface area contributed by atoms with Crippen LogP contribution >= 0.6 is 23.7 Å². The zero-order valence-electron chi connectivity index (χ0n) is 7.83. The number of ether oxygens (including phenoxy) is 3. The molecule has 0 saturated carbocycles. The second-order valence-corrected chi connectivity index (χ2v) is 3.62. The number of hydrogen-bond acceptors (Lipinski definition) is 6. The third-order valence-electron chi connectivity index (χ3n) is 1.04. The van der Waals surface area contributed by atoms with Crippen LogP contribution in [0.3, 0.4) is 0 Å². The van der Waals surface area contributed by atoms with Crippen LogP contribution in [0, 0.1) is 0 Å². The molecule has 0 heterocycles. The van der Waals surface area contributed by atoms with Crippen molar-refractivity contribution in [1.82, 2.24) is 4.05 Å². The van der Waals surface area contributed by atoms with Gasteiger partial charge in [0.25, 0.3) is 0 Å². The van der Waals surface area contributed by atoms with Crippen LogP contribution < -0.4 is 0 Å². The lowest BCUT2D eigenvalue weighted by molar-refractivity contribution is -0.445. The zero-order chi connectivity index (χ0) is 12.8. The average molecular weight is 290 g/mol. The normalized spacial score (nSPS) is 16.5. The molecule has 1 N–H and O–H groups in total. The van der Waals surface area contributed by atoms with E-state index < -0.39 is 28.9 Å². The highest BCUT2D eigenvalue weighted by Crippen LogP contribution is 2.38. The van der Waals surface area contributed by atoms with E-state index in [0.29, 0.717) is 0 Å². The van der Waals surface area contributed by atoms with Gasteiger partial charge in [-0.05, 0) is 0 Å². The van der Waals surface area contributed by atoms with Gasteiger partial charge in [-0.3, -0.25) is 0 Å². The van der Waals surface area contributed by atoms with Gasteiger partial charge in [0, 0.05) is 22.9 Å². The summed E-state index contributed by atoms with van der Waals surface area (Å²) in [6.45, 7) is -1.18. The molecule has 0 aromatic heterocycles. The summed E-state index contributed by atoms with van der Waals surface area (Å²) in [5.74, 6) is 0. The van der Waals surface area contributed by atoms with Crippen molar-refractivity contribution in [1.29, 1.82) is 0 Å². The van der Waals surface area contributed by atoms with Gasteiger partial charge in [0.1, 0.15) is 0 Å². The van der Waals surface area contributed by atoms with Crippen molar-refractivity contribution in [3.8, 4) is 0 Å². The monoisotopic (exact) mass is 289 g/mol. The molecule has 0 radical (unpaired) electrons. The van der Waals surface area contributed by atoms with Gasteiger partial charge in [-0.2, -0.15) is 0 Å². The highest BCUT2D eigenvalue weighted by Gasteiger charge is 2.48. The Kier molecular flexibility index (Phi) is 6.86. The maximum atomic E-state index is 12.3. The molecule has 11 heteroatoms. The number of rotatable bonds is 7. The highest BCUT2D eigenvalue weighted by molar-refractivity contribution is 7.98. The number of aliphatic hydroxyl groups excluding tert-OH is 1. The summed E-state index contributed by atoms with van der Waals surface area (Å²) in [7, 11) is 0.788. The molecular weight excluding hydrogens is 282 g/mol. The third kappa shape index (κ3) is 6.68. The number of halogens is 5. The minimum absolute atomic E-state index is 0.352. The molecule has 1 atom stereocenters. The first-order valence-electron chi connectivity index (χ1n) is 3.62. The quantitative estimate of drug-likeness (QED) is 0.334. The van der Waals surface area contributed by atoms with Crippen molar-refractivity contribution in [3.63, 3.8) is 0 Å². The van der Waals surface area contributed by atoms with Crippen LogP contribution in [-0.4, -0.2) is 41.1 Å². The Morgan fingerprint density at radius 1 is 1.44 bits per heavy atom. The van der Waals surface area contributed by atoms with Gasteiger partial charge in [0.15, 0.2) is 0 Å². The van der Waals surface area contributed by atoms with E-state index in [2.05, 4.69) is 14.2 Å². The van der Waals surface area contributed by atoms with Gasteiger partial charge < -0.3 is 14.6 Å². The largest absolute Gasteiger partial charge is 0.527 e. The summed E-state index contributed by atoms with van der Waals surface area (Å²) in [6.07, 6.45) is -5.13. The Balaban J connectivity index is 4.66. The number of alkyl halides is 3. The molecule has 16 heavy (non-hydrogen) atoms. The van der Waals surface area contributed by atoms with E-state index in [1.54, 1.807) is 0 Å². The number of methoxy groups -OCH3 is 1. The Morgan fingerprint density at radius 3 is 2.31 bits per heavy atom. The fourth-order valence-electron chi connectivity index (χ4n) is 0.609. The molecule has 98 valence electrons. The molecule has 0 rings (SSSR count). The molecule has 0 bridgehead atoms. The van der Waals surface area contributed by atoms with Crippen LogP contribution in [0.2, 0.25) is 0 Å². The van der Waals surface area contributed by atoms with Crippen LogP contribution in [0.15, 0.2) is 0 Å². The van der Waals surface area contributed by atoms with Gasteiger partial charge in [-0.25, -0.2) is 4.74 Å². The predicted octanol–water partition coefficient (Wildman–Crippen LogP) is 1.78. The van der Waals surface area contributed by atoms with Crippen LogP contribution in [0.25, 0.3) is 0 Å². The van der Waals surface area contributed by atoms with Crippen LogP contribution in [0.1, 0.15) is 0 Å². The third-order valence-corrected chi connectivity index (χ3v) is 1.98. The molecule has 0 aliphatic heterocycles. The molecular formula is C5H8ClF4NO4S. The van der Waals surface area contributed by atoms with E-state index in [4.69, 9.17) is 16.9 Å². The Hall–Kier alpha value is 0.160. The molecule has 0 saturated heterocycles.